The van der Waals surface area contributed by atoms with Crippen LogP contribution in [0.15, 0.2) is 24.3 Å². The van der Waals surface area contributed by atoms with Crippen LogP contribution in [0.4, 0.5) is 0 Å². The molecule has 0 spiro atoms. The topological polar surface area (TPSA) is 18.5 Å². The van der Waals surface area contributed by atoms with Crippen molar-refractivity contribution in [3.8, 4) is 5.75 Å². The molecule has 0 aliphatic carbocycles. The lowest BCUT2D eigenvalue weighted by atomic mass is 10.3. The summed E-state index contributed by atoms with van der Waals surface area (Å²) in [5.41, 5.74) is 0. The number of benzene rings is 1. The molecule has 3 heteroatoms. The van der Waals surface area contributed by atoms with E-state index in [4.69, 9.17) is 9.47 Å². The van der Waals surface area contributed by atoms with Crippen molar-refractivity contribution in [3.05, 3.63) is 27.8 Å². The van der Waals surface area contributed by atoms with Gasteiger partial charge < -0.3 is 9.47 Å². The van der Waals surface area contributed by atoms with Crippen LogP contribution < -0.4 is 4.74 Å². The third kappa shape index (κ3) is 2.57. The van der Waals surface area contributed by atoms with E-state index in [1.54, 1.807) is 0 Å². The average Bonchev–Trinajstić information content (AvgIpc) is 2.57. The number of hydrogen-bond acceptors (Lipinski definition) is 2. The molecule has 1 aliphatic rings. The SMILES string of the molecule is Ic1cccc(OC2CCOC2)c1. The minimum Gasteiger partial charge on any atom is -0.488 e. The highest BCUT2D eigenvalue weighted by atomic mass is 127. The fraction of sp³-hybridized carbons (Fsp3) is 0.400. The lowest BCUT2D eigenvalue weighted by Crippen LogP contribution is -2.15. The molecule has 2 rings (SSSR count). The molecule has 13 heavy (non-hydrogen) atoms. The van der Waals surface area contributed by atoms with Crippen molar-refractivity contribution in [3.63, 3.8) is 0 Å². The van der Waals surface area contributed by atoms with Gasteiger partial charge in [-0.3, -0.25) is 0 Å². The van der Waals surface area contributed by atoms with Crippen molar-refractivity contribution in [2.45, 2.75) is 12.5 Å². The van der Waals surface area contributed by atoms with Gasteiger partial charge in [0.05, 0.1) is 13.2 Å². The van der Waals surface area contributed by atoms with Gasteiger partial charge in [-0.25, -0.2) is 0 Å². The van der Waals surface area contributed by atoms with Gasteiger partial charge in [0.2, 0.25) is 0 Å². The second kappa shape index (κ2) is 4.28. The lowest BCUT2D eigenvalue weighted by molar-refractivity contribution is 0.141. The molecule has 2 nitrogen and oxygen atoms in total. The highest BCUT2D eigenvalue weighted by molar-refractivity contribution is 14.1. The predicted molar refractivity (Wildman–Crippen MR) is 59.0 cm³/mol. The second-order valence-corrected chi connectivity index (χ2v) is 4.31. The zero-order valence-electron chi connectivity index (χ0n) is 7.20. The third-order valence-electron chi connectivity index (χ3n) is 1.99. The molecule has 1 aromatic rings. The molecule has 1 heterocycles. The Morgan fingerprint density at radius 2 is 2.38 bits per heavy atom. The van der Waals surface area contributed by atoms with E-state index in [0.29, 0.717) is 0 Å². The van der Waals surface area contributed by atoms with Gasteiger partial charge in [-0.05, 0) is 40.8 Å². The standard InChI is InChI=1S/C10H11IO2/c11-8-2-1-3-9(6-8)13-10-4-5-12-7-10/h1-3,6,10H,4-5,7H2. The Kier molecular flexibility index (Phi) is 3.05. The molecule has 1 aliphatic heterocycles. The van der Waals surface area contributed by atoms with Gasteiger partial charge in [0.1, 0.15) is 11.9 Å². The van der Waals surface area contributed by atoms with Crippen molar-refractivity contribution in [1.82, 2.24) is 0 Å². The lowest BCUT2D eigenvalue weighted by Gasteiger charge is -2.11. The molecular weight excluding hydrogens is 279 g/mol. The summed E-state index contributed by atoms with van der Waals surface area (Å²) < 4.78 is 12.2. The maximum absolute atomic E-state index is 5.73. The molecule has 0 amide bonds. The smallest absolute Gasteiger partial charge is 0.124 e. The van der Waals surface area contributed by atoms with Crippen molar-refractivity contribution in [1.29, 1.82) is 0 Å². The summed E-state index contributed by atoms with van der Waals surface area (Å²) in [7, 11) is 0. The summed E-state index contributed by atoms with van der Waals surface area (Å²) in [6.45, 7) is 1.56. The Balaban J connectivity index is 2.00. The van der Waals surface area contributed by atoms with Gasteiger partial charge in [0, 0.05) is 9.99 Å². The highest BCUT2D eigenvalue weighted by Crippen LogP contribution is 2.18. The largest absolute Gasteiger partial charge is 0.488 e. The van der Waals surface area contributed by atoms with Crippen molar-refractivity contribution in [2.24, 2.45) is 0 Å². The molecule has 70 valence electrons. The van der Waals surface area contributed by atoms with Crippen LogP contribution in [0.2, 0.25) is 0 Å². The summed E-state index contributed by atoms with van der Waals surface area (Å²) in [5.74, 6) is 0.947. The van der Waals surface area contributed by atoms with Gasteiger partial charge in [-0.2, -0.15) is 0 Å². The Hall–Kier alpha value is -0.290. The number of hydrogen-bond donors (Lipinski definition) is 0. The zero-order valence-corrected chi connectivity index (χ0v) is 9.36. The van der Waals surface area contributed by atoms with Crippen molar-refractivity contribution < 1.29 is 9.47 Å². The Bertz CT molecular complexity index is 282. The number of halogens is 1. The maximum atomic E-state index is 5.73. The monoisotopic (exact) mass is 290 g/mol. The Morgan fingerprint density at radius 1 is 1.46 bits per heavy atom. The van der Waals surface area contributed by atoms with E-state index in [0.717, 1.165) is 25.4 Å². The fourth-order valence-electron chi connectivity index (χ4n) is 1.34. The van der Waals surface area contributed by atoms with E-state index < -0.39 is 0 Å². The first-order valence-electron chi connectivity index (χ1n) is 4.34. The highest BCUT2D eigenvalue weighted by Gasteiger charge is 2.16. The number of rotatable bonds is 2. The molecule has 1 atom stereocenters. The summed E-state index contributed by atoms with van der Waals surface area (Å²) in [6.07, 6.45) is 1.25. The minimum atomic E-state index is 0.248. The van der Waals surface area contributed by atoms with Gasteiger partial charge in [0.25, 0.3) is 0 Å². The van der Waals surface area contributed by atoms with Gasteiger partial charge >= 0.3 is 0 Å². The summed E-state index contributed by atoms with van der Waals surface area (Å²) in [5, 5.41) is 0. The van der Waals surface area contributed by atoms with Crippen LogP contribution >= 0.6 is 22.6 Å². The predicted octanol–water partition coefficient (Wildman–Crippen LogP) is 2.46. The zero-order chi connectivity index (χ0) is 9.10. The normalized spacial score (nSPS) is 21.8. The fourth-order valence-corrected chi connectivity index (χ4v) is 1.85. The summed E-state index contributed by atoms with van der Waals surface area (Å²) in [4.78, 5) is 0. The molecule has 0 radical (unpaired) electrons. The Labute approximate surface area is 91.4 Å². The Morgan fingerprint density at radius 3 is 3.08 bits per heavy atom. The van der Waals surface area contributed by atoms with Crippen LogP contribution in [0.5, 0.6) is 5.75 Å². The van der Waals surface area contributed by atoms with Gasteiger partial charge in [-0.1, -0.05) is 6.07 Å². The molecule has 0 N–H and O–H groups in total. The summed E-state index contributed by atoms with van der Waals surface area (Å²) in [6, 6.07) is 8.09. The van der Waals surface area contributed by atoms with Crippen LogP contribution in [0, 0.1) is 3.57 Å². The van der Waals surface area contributed by atoms with Crippen LogP contribution in [0.3, 0.4) is 0 Å². The van der Waals surface area contributed by atoms with E-state index in [-0.39, 0.29) is 6.10 Å². The van der Waals surface area contributed by atoms with E-state index in [1.165, 1.54) is 3.57 Å². The first-order chi connectivity index (χ1) is 6.34. The maximum Gasteiger partial charge on any atom is 0.124 e. The van der Waals surface area contributed by atoms with E-state index >= 15 is 0 Å². The van der Waals surface area contributed by atoms with Crippen LogP contribution in [0.1, 0.15) is 6.42 Å². The van der Waals surface area contributed by atoms with Crippen LogP contribution in [-0.4, -0.2) is 19.3 Å². The summed E-state index contributed by atoms with van der Waals surface area (Å²) >= 11 is 2.28. The average molecular weight is 290 g/mol. The van der Waals surface area contributed by atoms with E-state index in [2.05, 4.69) is 28.7 Å². The van der Waals surface area contributed by atoms with E-state index in [9.17, 15) is 0 Å². The van der Waals surface area contributed by atoms with Gasteiger partial charge in [-0.15, -0.1) is 0 Å². The molecule has 0 saturated carbocycles. The minimum absolute atomic E-state index is 0.248. The molecule has 0 aromatic heterocycles. The second-order valence-electron chi connectivity index (χ2n) is 3.06. The molecule has 1 fully saturated rings. The quantitative estimate of drug-likeness (QED) is 0.779. The van der Waals surface area contributed by atoms with Crippen LogP contribution in [0.25, 0.3) is 0 Å². The van der Waals surface area contributed by atoms with Gasteiger partial charge in [0.15, 0.2) is 0 Å². The third-order valence-corrected chi connectivity index (χ3v) is 2.66. The van der Waals surface area contributed by atoms with E-state index in [1.807, 2.05) is 18.2 Å². The molecule has 0 bridgehead atoms. The molecule has 1 aromatic carbocycles. The van der Waals surface area contributed by atoms with Crippen molar-refractivity contribution >= 4 is 22.6 Å². The number of ether oxygens (including phenoxy) is 2. The first-order valence-corrected chi connectivity index (χ1v) is 5.42. The molecular formula is C10H11IO2. The first kappa shape index (κ1) is 9.27. The molecule has 1 unspecified atom stereocenters. The van der Waals surface area contributed by atoms with Crippen LogP contribution in [-0.2, 0) is 4.74 Å². The molecule has 1 saturated heterocycles. The van der Waals surface area contributed by atoms with Crippen molar-refractivity contribution in [2.75, 3.05) is 13.2 Å².